The van der Waals surface area contributed by atoms with Crippen molar-refractivity contribution in [3.63, 3.8) is 0 Å². The number of amides is 1. The van der Waals surface area contributed by atoms with Crippen molar-refractivity contribution < 1.29 is 9.21 Å². The van der Waals surface area contributed by atoms with Gasteiger partial charge in [-0.25, -0.2) is 9.78 Å². The quantitative estimate of drug-likeness (QED) is 0.243. The van der Waals surface area contributed by atoms with Crippen LogP contribution in [0.5, 0.6) is 0 Å². The van der Waals surface area contributed by atoms with Crippen molar-refractivity contribution in [3.05, 3.63) is 82.2 Å². The van der Waals surface area contributed by atoms with E-state index in [0.717, 1.165) is 44.9 Å². The third kappa shape index (κ3) is 4.08. The first-order chi connectivity index (χ1) is 16.4. The number of aryl methyl sites for hydroxylation is 1. The van der Waals surface area contributed by atoms with E-state index in [1.54, 1.807) is 17.0 Å². The highest BCUT2D eigenvalue weighted by Crippen LogP contribution is 2.32. The number of hydrogen-bond acceptors (Lipinski definition) is 6. The predicted molar refractivity (Wildman–Crippen MR) is 139 cm³/mol. The molecule has 34 heavy (non-hydrogen) atoms. The Kier molecular flexibility index (Phi) is 5.89. The third-order valence-corrected chi connectivity index (χ3v) is 6.99. The number of thiazole rings is 1. The number of fused-ring (bicyclic) bond motifs is 4. The van der Waals surface area contributed by atoms with Crippen LogP contribution >= 0.6 is 11.3 Å². The molecule has 0 aliphatic heterocycles. The summed E-state index contributed by atoms with van der Waals surface area (Å²) in [7, 11) is 3.99. The second kappa shape index (κ2) is 9.00. The number of aromatic nitrogens is 1. The molecule has 5 aromatic rings. The van der Waals surface area contributed by atoms with Gasteiger partial charge in [0, 0.05) is 11.9 Å². The normalized spacial score (nSPS) is 11.6. The summed E-state index contributed by atoms with van der Waals surface area (Å²) in [5.41, 5.74) is 1.78. The van der Waals surface area contributed by atoms with Gasteiger partial charge in [-0.1, -0.05) is 53.8 Å². The van der Waals surface area contributed by atoms with Gasteiger partial charge in [-0.05, 0) is 68.5 Å². The van der Waals surface area contributed by atoms with Gasteiger partial charge in [-0.3, -0.25) is 9.69 Å². The molecule has 2 aromatic heterocycles. The number of hydrogen-bond donors (Lipinski definition) is 0. The number of para-hydroxylation sites is 1. The summed E-state index contributed by atoms with van der Waals surface area (Å²) in [6.45, 7) is 3.26. The Hall–Kier alpha value is -3.55. The number of benzene rings is 3. The van der Waals surface area contributed by atoms with Crippen LogP contribution in [0.4, 0.5) is 5.13 Å². The molecule has 3 aromatic carbocycles. The van der Waals surface area contributed by atoms with Crippen molar-refractivity contribution in [2.24, 2.45) is 0 Å². The van der Waals surface area contributed by atoms with Crippen LogP contribution in [0.1, 0.15) is 22.3 Å². The largest absolute Gasteiger partial charge is 0.422 e. The molecular weight excluding hydrogens is 446 g/mol. The van der Waals surface area contributed by atoms with Crippen LogP contribution in [-0.2, 0) is 0 Å². The maximum Gasteiger partial charge on any atom is 0.349 e. The van der Waals surface area contributed by atoms with E-state index in [1.807, 2.05) is 69.6 Å². The van der Waals surface area contributed by atoms with Gasteiger partial charge in [0.15, 0.2) is 5.13 Å². The molecule has 5 rings (SSSR count). The van der Waals surface area contributed by atoms with Crippen LogP contribution in [-0.4, -0.2) is 43.0 Å². The van der Waals surface area contributed by atoms with Gasteiger partial charge < -0.3 is 9.32 Å². The van der Waals surface area contributed by atoms with E-state index in [2.05, 4.69) is 4.90 Å². The van der Waals surface area contributed by atoms with Gasteiger partial charge in [-0.2, -0.15) is 0 Å². The fraction of sp³-hybridized carbons (Fsp3) is 0.222. The third-order valence-electron chi connectivity index (χ3n) is 5.94. The molecular formula is C27H25N3O3S. The number of nitrogens with zero attached hydrogens (tertiary/aromatic N) is 3. The molecule has 0 N–H and O–H groups in total. The standard InChI is InChI=1S/C27H25N3O3S/c1-17-8-6-11-23-24(17)28-27(34-23)30(15-7-14-29(2)3)25(31)21-16-20-19-10-5-4-9-18(19)12-13-22(20)33-26(21)32/h4-6,8-13,16H,7,14-15H2,1-3H3. The van der Waals surface area contributed by atoms with Crippen LogP contribution in [0.15, 0.2) is 69.9 Å². The zero-order valence-electron chi connectivity index (χ0n) is 19.4. The van der Waals surface area contributed by atoms with Crippen LogP contribution in [0.2, 0.25) is 0 Å². The van der Waals surface area contributed by atoms with E-state index >= 15 is 0 Å². The molecule has 0 unspecified atom stereocenters. The molecule has 0 radical (unpaired) electrons. The van der Waals surface area contributed by atoms with E-state index in [0.29, 0.717) is 17.3 Å². The second-order valence-corrected chi connectivity index (χ2v) is 9.69. The Bertz CT molecular complexity index is 1590. The Balaban J connectivity index is 1.62. The summed E-state index contributed by atoms with van der Waals surface area (Å²) in [5.74, 6) is -0.390. The zero-order valence-corrected chi connectivity index (χ0v) is 20.2. The van der Waals surface area contributed by atoms with E-state index < -0.39 is 5.63 Å². The van der Waals surface area contributed by atoms with Crippen molar-refractivity contribution in [1.82, 2.24) is 9.88 Å². The first kappa shape index (κ1) is 22.3. The highest BCUT2D eigenvalue weighted by atomic mass is 32.1. The van der Waals surface area contributed by atoms with Crippen molar-refractivity contribution >= 4 is 54.3 Å². The van der Waals surface area contributed by atoms with E-state index in [1.165, 1.54) is 11.3 Å². The molecule has 6 nitrogen and oxygen atoms in total. The molecule has 0 spiro atoms. The van der Waals surface area contributed by atoms with E-state index in [4.69, 9.17) is 9.40 Å². The highest BCUT2D eigenvalue weighted by Gasteiger charge is 2.25. The summed E-state index contributed by atoms with van der Waals surface area (Å²) in [6.07, 6.45) is 0.746. The van der Waals surface area contributed by atoms with Crippen LogP contribution in [0, 0.1) is 6.92 Å². The van der Waals surface area contributed by atoms with Gasteiger partial charge in [0.1, 0.15) is 11.1 Å². The van der Waals surface area contributed by atoms with Crippen LogP contribution < -0.4 is 10.5 Å². The lowest BCUT2D eigenvalue weighted by atomic mass is 10.0. The predicted octanol–water partition coefficient (Wildman–Crippen LogP) is 5.46. The van der Waals surface area contributed by atoms with Crippen molar-refractivity contribution in [2.75, 3.05) is 32.1 Å². The summed E-state index contributed by atoms with van der Waals surface area (Å²) >= 11 is 1.46. The average Bonchev–Trinajstić information content (AvgIpc) is 3.26. The Morgan fingerprint density at radius 1 is 1.00 bits per heavy atom. The van der Waals surface area contributed by atoms with Gasteiger partial charge in [0.25, 0.3) is 5.91 Å². The smallest absolute Gasteiger partial charge is 0.349 e. The van der Waals surface area contributed by atoms with Crippen LogP contribution in [0.25, 0.3) is 32.0 Å². The summed E-state index contributed by atoms with van der Waals surface area (Å²) in [5, 5.41) is 3.29. The summed E-state index contributed by atoms with van der Waals surface area (Å²) in [4.78, 5) is 35.2. The van der Waals surface area contributed by atoms with E-state index in [-0.39, 0.29) is 11.5 Å². The van der Waals surface area contributed by atoms with Crippen molar-refractivity contribution in [3.8, 4) is 0 Å². The number of rotatable bonds is 6. The van der Waals surface area contributed by atoms with Gasteiger partial charge in [-0.15, -0.1) is 0 Å². The van der Waals surface area contributed by atoms with Crippen LogP contribution in [0.3, 0.4) is 0 Å². The number of carbonyl (C=O) groups is 1. The fourth-order valence-electron chi connectivity index (χ4n) is 4.19. The van der Waals surface area contributed by atoms with Gasteiger partial charge in [0.2, 0.25) is 0 Å². The lowest BCUT2D eigenvalue weighted by Gasteiger charge is -2.20. The molecule has 0 saturated carbocycles. The minimum absolute atomic E-state index is 0.0182. The summed E-state index contributed by atoms with van der Waals surface area (Å²) < 4.78 is 6.61. The van der Waals surface area contributed by atoms with Gasteiger partial charge in [0.05, 0.1) is 10.2 Å². The number of anilines is 1. The molecule has 0 fully saturated rings. The van der Waals surface area contributed by atoms with Gasteiger partial charge >= 0.3 is 5.63 Å². The topological polar surface area (TPSA) is 66.7 Å². The monoisotopic (exact) mass is 471 g/mol. The fourth-order valence-corrected chi connectivity index (χ4v) is 5.25. The Morgan fingerprint density at radius 3 is 2.62 bits per heavy atom. The molecule has 0 aliphatic rings. The second-order valence-electron chi connectivity index (χ2n) is 8.68. The molecule has 0 atom stereocenters. The molecule has 0 saturated heterocycles. The average molecular weight is 472 g/mol. The maximum absolute atomic E-state index is 13.8. The van der Waals surface area contributed by atoms with Crippen molar-refractivity contribution in [2.45, 2.75) is 13.3 Å². The maximum atomic E-state index is 13.8. The Morgan fingerprint density at radius 2 is 1.82 bits per heavy atom. The summed E-state index contributed by atoms with van der Waals surface area (Å²) in [6, 6.07) is 19.2. The molecule has 0 aliphatic carbocycles. The molecule has 1 amide bonds. The first-order valence-corrected chi connectivity index (χ1v) is 12.0. The highest BCUT2D eigenvalue weighted by molar-refractivity contribution is 7.22. The van der Waals surface area contributed by atoms with Crippen molar-refractivity contribution in [1.29, 1.82) is 0 Å². The molecule has 7 heteroatoms. The Labute approximate surface area is 201 Å². The minimum Gasteiger partial charge on any atom is -0.422 e. The minimum atomic E-state index is -0.636. The zero-order chi connectivity index (χ0) is 23.8. The molecule has 0 bridgehead atoms. The first-order valence-electron chi connectivity index (χ1n) is 11.2. The molecule has 172 valence electrons. The SMILES string of the molecule is Cc1cccc2sc(N(CCCN(C)C)C(=O)c3cc4c(ccc5ccccc54)oc3=O)nc12. The van der Waals surface area contributed by atoms with E-state index in [9.17, 15) is 9.59 Å². The number of carbonyl (C=O) groups excluding carboxylic acids is 1. The molecule has 2 heterocycles. The lowest BCUT2D eigenvalue weighted by Crippen LogP contribution is -2.36. The lowest BCUT2D eigenvalue weighted by molar-refractivity contribution is 0.0982.